The summed E-state index contributed by atoms with van der Waals surface area (Å²) in [5.41, 5.74) is 0. The van der Waals surface area contributed by atoms with Gasteiger partial charge in [-0.05, 0) is 12.8 Å². The molecular weight excluding hydrogens is 119 g/mol. The Morgan fingerprint density at radius 1 is 1.00 bits per heavy atom. The van der Waals surface area contributed by atoms with E-state index >= 15 is 0 Å². The van der Waals surface area contributed by atoms with E-state index in [9.17, 15) is 0 Å². The maximum absolute atomic E-state index is 4.94. The van der Waals surface area contributed by atoms with Crippen LogP contribution in [0.15, 0.2) is 0 Å². The second-order valence-corrected chi connectivity index (χ2v) is 2.82. The predicted octanol–water partition coefficient (Wildman–Crippen LogP) is -0.579. The quantitative estimate of drug-likeness (QED) is 0.320. The average Bonchev–Trinajstić information content (AvgIpc) is 2.11. The van der Waals surface area contributed by atoms with E-state index in [1.54, 1.807) is 0 Å². The fourth-order valence-corrected chi connectivity index (χ4v) is 0.510. The van der Waals surface area contributed by atoms with Crippen molar-refractivity contribution < 1.29 is 23.6 Å². The van der Waals surface area contributed by atoms with Gasteiger partial charge in [0.05, 0.1) is 0 Å². The summed E-state index contributed by atoms with van der Waals surface area (Å²) in [6.45, 7) is 8.25. The van der Waals surface area contributed by atoms with E-state index in [0.29, 0.717) is 0 Å². The Kier molecular flexibility index (Phi) is 12.6. The van der Waals surface area contributed by atoms with Crippen LogP contribution in [0.4, 0.5) is 0 Å². The van der Waals surface area contributed by atoms with Crippen molar-refractivity contribution in [2.75, 3.05) is 13.2 Å². The first-order valence-electron chi connectivity index (χ1n) is 3.58. The maximum atomic E-state index is 4.94. The molecule has 0 unspecified atom stereocenters. The minimum Gasteiger partial charge on any atom is -0.381 e. The fraction of sp³-hybridized carbons (Fsp3) is 0.875. The molecular formula is C8H17LiO. The minimum atomic E-state index is 0. The molecule has 1 rings (SSSR count). The van der Waals surface area contributed by atoms with Crippen molar-refractivity contribution in [1.82, 2.24) is 0 Å². The Labute approximate surface area is 76.7 Å². The van der Waals surface area contributed by atoms with Crippen LogP contribution >= 0.6 is 0 Å². The van der Waals surface area contributed by atoms with E-state index in [1.807, 2.05) is 0 Å². The Hall–Kier alpha value is 0.557. The normalized spacial score (nSPS) is 15.6. The molecule has 1 aliphatic rings. The summed E-state index contributed by atoms with van der Waals surface area (Å²) in [4.78, 5) is 0. The van der Waals surface area contributed by atoms with Crippen molar-refractivity contribution in [3.8, 4) is 0 Å². The Morgan fingerprint density at radius 3 is 1.40 bits per heavy atom. The van der Waals surface area contributed by atoms with Crippen LogP contribution in [0, 0.1) is 5.92 Å². The first-order chi connectivity index (χ1) is 4.23. The zero-order valence-corrected chi connectivity index (χ0v) is 7.74. The molecule has 1 saturated heterocycles. The molecule has 10 heavy (non-hydrogen) atoms. The zero-order chi connectivity index (χ0) is 7.11. The summed E-state index contributed by atoms with van der Waals surface area (Å²) in [5, 5.41) is 0. The molecule has 1 aliphatic heterocycles. The van der Waals surface area contributed by atoms with Crippen LogP contribution in [0.1, 0.15) is 33.6 Å². The van der Waals surface area contributed by atoms with Crippen LogP contribution in [-0.2, 0) is 4.74 Å². The summed E-state index contributed by atoms with van der Waals surface area (Å²) >= 11 is 0. The van der Waals surface area contributed by atoms with Gasteiger partial charge in [-0.15, -0.1) is 0 Å². The standard InChI is InChI=1S/C4H8O.C4H9.Li/c1-2-4-5-3-1;1-4(2)3;/h1-4H2;1-3H3;/q;-1;+1. The van der Waals surface area contributed by atoms with Crippen LogP contribution in [-0.4, -0.2) is 13.2 Å². The molecule has 0 radical (unpaired) electrons. The van der Waals surface area contributed by atoms with Gasteiger partial charge >= 0.3 is 18.9 Å². The van der Waals surface area contributed by atoms with Gasteiger partial charge in [-0.3, -0.25) is 0 Å². The second kappa shape index (κ2) is 9.56. The molecule has 1 nitrogen and oxygen atoms in total. The summed E-state index contributed by atoms with van der Waals surface area (Å²) in [6.07, 6.45) is 2.56. The van der Waals surface area contributed by atoms with Crippen LogP contribution < -0.4 is 18.9 Å². The molecule has 1 fully saturated rings. The number of hydrogen-bond acceptors (Lipinski definition) is 1. The van der Waals surface area contributed by atoms with Gasteiger partial charge < -0.3 is 10.7 Å². The van der Waals surface area contributed by atoms with Gasteiger partial charge in [-0.25, -0.2) is 0 Å². The largest absolute Gasteiger partial charge is 1.00 e. The zero-order valence-electron chi connectivity index (χ0n) is 7.74. The van der Waals surface area contributed by atoms with Crippen molar-refractivity contribution in [3.05, 3.63) is 5.92 Å². The van der Waals surface area contributed by atoms with Gasteiger partial charge in [-0.1, -0.05) is 0 Å². The Bertz CT molecular complexity index is 40.9. The van der Waals surface area contributed by atoms with E-state index in [4.69, 9.17) is 4.74 Å². The smallest absolute Gasteiger partial charge is 0.381 e. The average molecular weight is 136 g/mol. The van der Waals surface area contributed by atoms with Crippen LogP contribution in [0.25, 0.3) is 0 Å². The second-order valence-electron chi connectivity index (χ2n) is 2.82. The Morgan fingerprint density at radius 2 is 1.30 bits per heavy atom. The van der Waals surface area contributed by atoms with Crippen molar-refractivity contribution in [1.29, 1.82) is 0 Å². The third kappa shape index (κ3) is 15.8. The first kappa shape index (κ1) is 13.2. The van der Waals surface area contributed by atoms with Gasteiger partial charge in [0.2, 0.25) is 0 Å². The fourth-order valence-electron chi connectivity index (χ4n) is 0.510. The molecule has 56 valence electrons. The first-order valence-corrected chi connectivity index (χ1v) is 3.58. The third-order valence-electron chi connectivity index (χ3n) is 0.827. The van der Waals surface area contributed by atoms with E-state index in [0.717, 1.165) is 13.2 Å². The number of hydrogen-bond donors (Lipinski definition) is 0. The minimum absolute atomic E-state index is 0. The van der Waals surface area contributed by atoms with Gasteiger partial charge in [-0.2, -0.15) is 20.8 Å². The molecule has 0 aromatic rings. The van der Waals surface area contributed by atoms with Crippen LogP contribution in [0.3, 0.4) is 0 Å². The molecule has 0 aliphatic carbocycles. The van der Waals surface area contributed by atoms with E-state index in [1.165, 1.54) is 18.8 Å². The predicted molar refractivity (Wildman–Crippen MR) is 40.3 cm³/mol. The molecule has 0 bridgehead atoms. The molecule has 0 saturated carbocycles. The molecule has 0 atom stereocenters. The number of rotatable bonds is 0. The monoisotopic (exact) mass is 136 g/mol. The van der Waals surface area contributed by atoms with Crippen molar-refractivity contribution in [3.63, 3.8) is 0 Å². The molecule has 0 amide bonds. The van der Waals surface area contributed by atoms with E-state index in [-0.39, 0.29) is 18.9 Å². The molecule has 1 heterocycles. The van der Waals surface area contributed by atoms with Crippen molar-refractivity contribution >= 4 is 0 Å². The SMILES string of the molecule is C1CCOC1.C[C-](C)C.[Li+]. The third-order valence-corrected chi connectivity index (χ3v) is 0.827. The molecule has 2 heteroatoms. The van der Waals surface area contributed by atoms with Crippen molar-refractivity contribution in [2.45, 2.75) is 33.6 Å². The summed E-state index contributed by atoms with van der Waals surface area (Å²) < 4.78 is 4.94. The molecule has 0 aromatic heterocycles. The van der Waals surface area contributed by atoms with Crippen LogP contribution in [0.2, 0.25) is 0 Å². The van der Waals surface area contributed by atoms with E-state index < -0.39 is 0 Å². The van der Waals surface area contributed by atoms with Gasteiger partial charge in [0.1, 0.15) is 0 Å². The molecule has 0 aromatic carbocycles. The van der Waals surface area contributed by atoms with Crippen LogP contribution in [0.5, 0.6) is 0 Å². The molecule has 0 N–H and O–H groups in total. The summed E-state index contributed by atoms with van der Waals surface area (Å²) in [7, 11) is 0. The van der Waals surface area contributed by atoms with Gasteiger partial charge in [0, 0.05) is 13.2 Å². The summed E-state index contributed by atoms with van der Waals surface area (Å²) in [5.74, 6) is 1.42. The van der Waals surface area contributed by atoms with Gasteiger partial charge in [0.15, 0.2) is 0 Å². The van der Waals surface area contributed by atoms with Gasteiger partial charge in [0.25, 0.3) is 0 Å². The maximum Gasteiger partial charge on any atom is 1.00 e. The van der Waals surface area contributed by atoms with Crippen molar-refractivity contribution in [2.24, 2.45) is 0 Å². The Balaban J connectivity index is 0. The summed E-state index contributed by atoms with van der Waals surface area (Å²) in [6, 6.07) is 0. The molecule has 0 spiro atoms. The number of ether oxygens (including phenoxy) is 1. The topological polar surface area (TPSA) is 9.23 Å². The van der Waals surface area contributed by atoms with E-state index in [2.05, 4.69) is 20.8 Å².